The van der Waals surface area contributed by atoms with Crippen LogP contribution >= 0.6 is 0 Å². The van der Waals surface area contributed by atoms with Crippen molar-refractivity contribution in [2.75, 3.05) is 0 Å². The normalized spacial score (nSPS) is 8.44. The first kappa shape index (κ1) is 5.70. The average molecular weight is 119 g/mol. The van der Waals surface area contributed by atoms with Crippen molar-refractivity contribution >= 4 is 5.82 Å². The summed E-state index contributed by atoms with van der Waals surface area (Å²) in [5.74, 6) is 0.348. The first-order chi connectivity index (χ1) is 4.33. The van der Waals surface area contributed by atoms with E-state index in [1.807, 2.05) is 6.92 Å². The van der Waals surface area contributed by atoms with E-state index >= 15 is 0 Å². The van der Waals surface area contributed by atoms with E-state index in [-0.39, 0.29) is 0 Å². The molecule has 1 heterocycles. The monoisotopic (exact) mass is 119 g/mol. The third-order valence-electron chi connectivity index (χ3n) is 0.898. The summed E-state index contributed by atoms with van der Waals surface area (Å²) in [4.78, 5) is 3.09. The molecular weight excluding hydrogens is 114 g/mol. The lowest BCUT2D eigenvalue weighted by atomic mass is 10.4. The smallest absolute Gasteiger partial charge is 0.296 e. The van der Waals surface area contributed by atoms with Crippen LogP contribution in [-0.4, -0.2) is 10.2 Å². The van der Waals surface area contributed by atoms with Gasteiger partial charge >= 0.3 is 0 Å². The molecule has 1 aromatic heterocycles. The first-order valence-corrected chi connectivity index (χ1v) is 2.51. The van der Waals surface area contributed by atoms with Gasteiger partial charge in [0.2, 0.25) is 0 Å². The summed E-state index contributed by atoms with van der Waals surface area (Å²) < 4.78 is 0. The summed E-state index contributed by atoms with van der Waals surface area (Å²) in [5, 5.41) is 7.28. The largest absolute Gasteiger partial charge is 0.359 e. The van der Waals surface area contributed by atoms with Gasteiger partial charge in [0.15, 0.2) is 0 Å². The molecule has 0 saturated heterocycles. The summed E-state index contributed by atoms with van der Waals surface area (Å²) in [5.41, 5.74) is 0.836. The molecule has 0 fully saturated rings. The molecule has 0 saturated carbocycles. The maximum atomic E-state index is 6.54. The van der Waals surface area contributed by atoms with Gasteiger partial charge in [-0.15, -0.1) is 0 Å². The van der Waals surface area contributed by atoms with E-state index in [4.69, 9.17) is 6.57 Å². The highest BCUT2D eigenvalue weighted by Crippen LogP contribution is 2.03. The van der Waals surface area contributed by atoms with Crippen molar-refractivity contribution in [1.29, 1.82) is 0 Å². The van der Waals surface area contributed by atoms with E-state index in [9.17, 15) is 0 Å². The summed E-state index contributed by atoms with van der Waals surface area (Å²) in [6.07, 6.45) is 0. The second-order valence-corrected chi connectivity index (χ2v) is 1.64. The predicted octanol–water partition coefficient (Wildman–Crippen LogP) is 1.34. The highest BCUT2D eigenvalue weighted by molar-refractivity contribution is 5.33. The van der Waals surface area contributed by atoms with Gasteiger partial charge < -0.3 is 4.85 Å². The Kier molecular flexibility index (Phi) is 1.41. The molecule has 0 aliphatic heterocycles. The first-order valence-electron chi connectivity index (χ1n) is 2.51. The van der Waals surface area contributed by atoms with Crippen LogP contribution in [0.3, 0.4) is 0 Å². The lowest BCUT2D eigenvalue weighted by molar-refractivity contribution is 0.995. The van der Waals surface area contributed by atoms with Gasteiger partial charge in [0.05, 0.1) is 5.69 Å². The van der Waals surface area contributed by atoms with E-state index in [1.165, 1.54) is 0 Å². The van der Waals surface area contributed by atoms with Crippen LogP contribution in [0.25, 0.3) is 4.85 Å². The van der Waals surface area contributed by atoms with Crippen molar-refractivity contribution in [3.63, 3.8) is 0 Å². The molecule has 3 heteroatoms. The maximum absolute atomic E-state index is 6.54. The molecule has 9 heavy (non-hydrogen) atoms. The van der Waals surface area contributed by atoms with Crippen LogP contribution < -0.4 is 0 Å². The topological polar surface area (TPSA) is 30.1 Å². The minimum absolute atomic E-state index is 0.348. The van der Waals surface area contributed by atoms with Crippen molar-refractivity contribution in [2.45, 2.75) is 6.92 Å². The average Bonchev–Trinajstić information content (AvgIpc) is 1.90. The van der Waals surface area contributed by atoms with E-state index in [2.05, 4.69) is 15.0 Å². The van der Waals surface area contributed by atoms with Crippen molar-refractivity contribution in [2.24, 2.45) is 0 Å². The van der Waals surface area contributed by atoms with E-state index in [0.717, 1.165) is 5.69 Å². The van der Waals surface area contributed by atoms with Crippen molar-refractivity contribution in [3.8, 4) is 0 Å². The third-order valence-corrected chi connectivity index (χ3v) is 0.898. The van der Waals surface area contributed by atoms with Gasteiger partial charge in [0.1, 0.15) is 0 Å². The second kappa shape index (κ2) is 2.23. The molecule has 0 aliphatic carbocycles. The SMILES string of the molecule is [C-]#[N+]c1ccc(C)nn1. The Hall–Kier alpha value is -1.43. The Morgan fingerprint density at radius 3 is 2.67 bits per heavy atom. The van der Waals surface area contributed by atoms with Crippen LogP contribution in [0.1, 0.15) is 5.69 Å². The molecule has 0 aromatic carbocycles. The summed E-state index contributed by atoms with van der Waals surface area (Å²) in [7, 11) is 0. The molecule has 1 rings (SSSR count). The third kappa shape index (κ3) is 1.23. The van der Waals surface area contributed by atoms with E-state index < -0.39 is 0 Å². The van der Waals surface area contributed by atoms with Crippen molar-refractivity contribution in [3.05, 3.63) is 29.2 Å². The van der Waals surface area contributed by atoms with Gasteiger partial charge in [-0.25, -0.2) is 0 Å². The van der Waals surface area contributed by atoms with Gasteiger partial charge in [-0.3, -0.25) is 0 Å². The zero-order valence-electron chi connectivity index (χ0n) is 5.00. The van der Waals surface area contributed by atoms with Gasteiger partial charge in [-0.2, -0.15) is 0 Å². The fraction of sp³-hybridized carbons (Fsp3) is 0.167. The van der Waals surface area contributed by atoms with Gasteiger partial charge in [0.25, 0.3) is 5.82 Å². The molecule has 0 bridgehead atoms. The van der Waals surface area contributed by atoms with Crippen LogP contribution in [0.4, 0.5) is 5.82 Å². The molecule has 0 N–H and O–H groups in total. The molecular formula is C6H5N3. The molecule has 0 amide bonds. The molecule has 0 aliphatic rings. The van der Waals surface area contributed by atoms with Crippen LogP contribution in [0, 0.1) is 13.5 Å². The molecule has 1 aromatic rings. The highest BCUT2D eigenvalue weighted by Gasteiger charge is 1.90. The minimum Gasteiger partial charge on any atom is -0.359 e. The quantitative estimate of drug-likeness (QED) is 0.482. The zero-order valence-corrected chi connectivity index (χ0v) is 5.00. The summed E-state index contributed by atoms with van der Waals surface area (Å²) in [6.45, 7) is 8.37. The summed E-state index contributed by atoms with van der Waals surface area (Å²) in [6, 6.07) is 3.41. The molecule has 0 radical (unpaired) electrons. The van der Waals surface area contributed by atoms with Crippen LogP contribution in [-0.2, 0) is 0 Å². The van der Waals surface area contributed by atoms with Crippen LogP contribution in [0.15, 0.2) is 12.1 Å². The molecule has 0 spiro atoms. The van der Waals surface area contributed by atoms with E-state index in [1.54, 1.807) is 12.1 Å². The fourth-order valence-electron chi connectivity index (χ4n) is 0.452. The second-order valence-electron chi connectivity index (χ2n) is 1.64. The van der Waals surface area contributed by atoms with Gasteiger partial charge in [-0.05, 0) is 24.2 Å². The molecule has 3 nitrogen and oxygen atoms in total. The Morgan fingerprint density at radius 2 is 2.22 bits per heavy atom. The highest BCUT2D eigenvalue weighted by atomic mass is 15.1. The molecule has 0 unspecified atom stereocenters. The molecule has 44 valence electrons. The Bertz CT molecular complexity index is 231. The van der Waals surface area contributed by atoms with Gasteiger partial charge in [-0.1, -0.05) is 11.7 Å². The van der Waals surface area contributed by atoms with E-state index in [0.29, 0.717) is 5.82 Å². The number of rotatable bonds is 0. The zero-order chi connectivity index (χ0) is 6.69. The number of aromatic nitrogens is 2. The minimum atomic E-state index is 0.348. The van der Waals surface area contributed by atoms with Crippen LogP contribution in [0.2, 0.25) is 0 Å². The standard InChI is InChI=1S/C6H5N3/c1-5-3-4-6(7-2)9-8-5/h3-4H,1H3. The predicted molar refractivity (Wildman–Crippen MR) is 33.0 cm³/mol. The Balaban J connectivity index is 3.06. The Labute approximate surface area is 53.2 Å². The number of aryl methyl sites for hydroxylation is 1. The fourth-order valence-corrected chi connectivity index (χ4v) is 0.452. The lowest BCUT2D eigenvalue weighted by Crippen LogP contribution is -1.81. The molecule has 0 atom stereocenters. The van der Waals surface area contributed by atoms with Crippen molar-refractivity contribution < 1.29 is 0 Å². The number of hydrogen-bond donors (Lipinski definition) is 0. The Morgan fingerprint density at radius 1 is 1.44 bits per heavy atom. The summed E-state index contributed by atoms with van der Waals surface area (Å²) >= 11 is 0. The maximum Gasteiger partial charge on any atom is 0.296 e. The lowest BCUT2D eigenvalue weighted by Gasteiger charge is -1.83. The number of hydrogen-bond acceptors (Lipinski definition) is 2. The van der Waals surface area contributed by atoms with Crippen molar-refractivity contribution in [1.82, 2.24) is 10.2 Å². The van der Waals surface area contributed by atoms with Gasteiger partial charge in [0, 0.05) is 0 Å². The van der Waals surface area contributed by atoms with Crippen LogP contribution in [0.5, 0.6) is 0 Å². The number of nitrogens with zero attached hydrogens (tertiary/aromatic N) is 3.